The first-order valence-electron chi connectivity index (χ1n) is 8.59. The molecule has 0 saturated heterocycles. The van der Waals surface area contributed by atoms with Gasteiger partial charge in [-0.2, -0.15) is 4.98 Å². The molecular formula is C19H24N2O2. The fourth-order valence-electron chi connectivity index (χ4n) is 3.20. The average molecular weight is 312 g/mol. The largest absolute Gasteiger partial charge is 0.473 e. The van der Waals surface area contributed by atoms with Gasteiger partial charge >= 0.3 is 5.69 Å². The summed E-state index contributed by atoms with van der Waals surface area (Å²) in [7, 11) is 0. The number of rotatable bonds is 4. The van der Waals surface area contributed by atoms with Crippen molar-refractivity contribution >= 4 is 0 Å². The summed E-state index contributed by atoms with van der Waals surface area (Å²) >= 11 is 0. The van der Waals surface area contributed by atoms with E-state index < -0.39 is 0 Å². The van der Waals surface area contributed by atoms with Gasteiger partial charge in [-0.1, -0.05) is 62.4 Å². The van der Waals surface area contributed by atoms with E-state index in [9.17, 15) is 4.79 Å². The zero-order chi connectivity index (χ0) is 15.9. The molecule has 4 heteroatoms. The monoisotopic (exact) mass is 312 g/mol. The molecule has 4 nitrogen and oxygen atoms in total. The van der Waals surface area contributed by atoms with Crippen LogP contribution in [-0.2, 0) is 6.61 Å². The maximum Gasteiger partial charge on any atom is 0.351 e. The molecule has 1 saturated carbocycles. The van der Waals surface area contributed by atoms with Crippen LogP contribution in [0.1, 0.15) is 56.6 Å². The van der Waals surface area contributed by atoms with Crippen molar-refractivity contribution in [3.63, 3.8) is 0 Å². The molecule has 1 fully saturated rings. The van der Waals surface area contributed by atoms with Gasteiger partial charge in [0.25, 0.3) is 0 Å². The van der Waals surface area contributed by atoms with E-state index in [1.165, 1.54) is 32.1 Å². The third-order valence-electron chi connectivity index (χ3n) is 4.50. The Kier molecular flexibility index (Phi) is 5.46. The molecule has 1 aliphatic carbocycles. The normalized spacial score (nSPS) is 16.5. The Bertz CT molecular complexity index is 659. The Morgan fingerprint density at radius 3 is 2.39 bits per heavy atom. The van der Waals surface area contributed by atoms with Gasteiger partial charge in [0.2, 0.25) is 5.88 Å². The SMILES string of the molecule is O=c1nc(OCc2ccccc2)ccn1C1CCCCCCC1. The fourth-order valence-corrected chi connectivity index (χ4v) is 3.20. The summed E-state index contributed by atoms with van der Waals surface area (Å²) in [5.41, 5.74) is 0.875. The summed E-state index contributed by atoms with van der Waals surface area (Å²) in [4.78, 5) is 16.4. The molecule has 1 aromatic heterocycles. The molecule has 0 spiro atoms. The zero-order valence-electron chi connectivity index (χ0n) is 13.5. The lowest BCUT2D eigenvalue weighted by Gasteiger charge is -2.21. The number of benzene rings is 1. The minimum Gasteiger partial charge on any atom is -0.473 e. The number of ether oxygens (including phenoxy) is 1. The third kappa shape index (κ3) is 4.44. The van der Waals surface area contributed by atoms with Crippen LogP contribution in [0.15, 0.2) is 47.4 Å². The molecule has 1 aromatic carbocycles. The van der Waals surface area contributed by atoms with Gasteiger partial charge in [-0.25, -0.2) is 4.79 Å². The maximum absolute atomic E-state index is 12.3. The van der Waals surface area contributed by atoms with Gasteiger partial charge in [-0.05, 0) is 18.4 Å². The summed E-state index contributed by atoms with van der Waals surface area (Å²) in [5.74, 6) is 0.404. The van der Waals surface area contributed by atoms with Crippen LogP contribution < -0.4 is 10.4 Å². The van der Waals surface area contributed by atoms with Crippen LogP contribution in [0, 0.1) is 0 Å². The Morgan fingerprint density at radius 1 is 1.00 bits per heavy atom. The lowest BCUT2D eigenvalue weighted by atomic mass is 9.96. The Labute approximate surface area is 137 Å². The average Bonchev–Trinajstić information content (AvgIpc) is 2.55. The summed E-state index contributed by atoms with van der Waals surface area (Å²) < 4.78 is 7.43. The lowest BCUT2D eigenvalue weighted by Crippen LogP contribution is -2.27. The highest BCUT2D eigenvalue weighted by Crippen LogP contribution is 2.25. The summed E-state index contributed by atoms with van der Waals surface area (Å²) in [6.07, 6.45) is 10.3. The van der Waals surface area contributed by atoms with Gasteiger partial charge in [-0.15, -0.1) is 0 Å². The van der Waals surface area contributed by atoms with Gasteiger partial charge in [0, 0.05) is 18.3 Å². The first-order chi connectivity index (χ1) is 11.3. The van der Waals surface area contributed by atoms with Crippen LogP contribution >= 0.6 is 0 Å². The molecule has 3 rings (SSSR count). The summed E-state index contributed by atoms with van der Waals surface area (Å²) in [6.45, 7) is 0.431. The second kappa shape index (κ2) is 7.95. The molecule has 0 radical (unpaired) electrons. The fraction of sp³-hybridized carbons (Fsp3) is 0.474. The van der Waals surface area contributed by atoms with Gasteiger partial charge in [0.15, 0.2) is 0 Å². The van der Waals surface area contributed by atoms with Crippen molar-refractivity contribution in [2.45, 2.75) is 57.6 Å². The minimum atomic E-state index is -0.193. The summed E-state index contributed by atoms with van der Waals surface area (Å²) in [6, 6.07) is 12.0. The number of nitrogens with zero attached hydrogens (tertiary/aromatic N) is 2. The molecule has 23 heavy (non-hydrogen) atoms. The zero-order valence-corrected chi connectivity index (χ0v) is 13.5. The number of aromatic nitrogens is 2. The van der Waals surface area contributed by atoms with Crippen LogP contribution in [0.5, 0.6) is 5.88 Å². The molecule has 0 N–H and O–H groups in total. The molecule has 2 aromatic rings. The van der Waals surface area contributed by atoms with Crippen LogP contribution in [0.25, 0.3) is 0 Å². The first-order valence-corrected chi connectivity index (χ1v) is 8.59. The van der Waals surface area contributed by atoms with E-state index in [1.54, 1.807) is 4.57 Å². The molecule has 0 aliphatic heterocycles. The molecule has 122 valence electrons. The predicted molar refractivity (Wildman–Crippen MR) is 90.6 cm³/mol. The Balaban J connectivity index is 1.66. The lowest BCUT2D eigenvalue weighted by molar-refractivity contribution is 0.287. The quantitative estimate of drug-likeness (QED) is 0.853. The second-order valence-electron chi connectivity index (χ2n) is 6.23. The van der Waals surface area contributed by atoms with Gasteiger partial charge in [-0.3, -0.25) is 4.57 Å². The second-order valence-corrected chi connectivity index (χ2v) is 6.23. The van der Waals surface area contributed by atoms with Crippen molar-refractivity contribution in [3.05, 3.63) is 58.6 Å². The van der Waals surface area contributed by atoms with Crippen molar-refractivity contribution < 1.29 is 4.74 Å². The highest BCUT2D eigenvalue weighted by molar-refractivity contribution is 5.15. The molecule has 1 aliphatic rings. The molecule has 0 unspecified atom stereocenters. The van der Waals surface area contributed by atoms with Crippen LogP contribution in [0.4, 0.5) is 0 Å². The highest BCUT2D eigenvalue weighted by atomic mass is 16.5. The molecule has 0 amide bonds. The summed E-state index contributed by atoms with van der Waals surface area (Å²) in [5, 5.41) is 0. The standard InChI is InChI=1S/C19H24N2O2/c22-19-20-18(23-15-16-9-5-4-6-10-16)13-14-21(19)17-11-7-2-1-3-8-12-17/h4-6,9-10,13-14,17H,1-3,7-8,11-12,15H2. The number of hydrogen-bond donors (Lipinski definition) is 0. The van der Waals surface area contributed by atoms with E-state index in [0.717, 1.165) is 18.4 Å². The van der Waals surface area contributed by atoms with Crippen molar-refractivity contribution in [1.29, 1.82) is 0 Å². The highest BCUT2D eigenvalue weighted by Gasteiger charge is 2.15. The van der Waals surface area contributed by atoms with E-state index in [2.05, 4.69) is 4.98 Å². The third-order valence-corrected chi connectivity index (χ3v) is 4.50. The first kappa shape index (κ1) is 15.8. The van der Waals surface area contributed by atoms with Gasteiger partial charge in [0.1, 0.15) is 6.61 Å². The van der Waals surface area contributed by atoms with Gasteiger partial charge in [0.05, 0.1) is 0 Å². The minimum absolute atomic E-state index is 0.193. The molecular weight excluding hydrogens is 288 g/mol. The van der Waals surface area contributed by atoms with Crippen LogP contribution in [0.2, 0.25) is 0 Å². The van der Waals surface area contributed by atoms with Crippen LogP contribution in [0.3, 0.4) is 0 Å². The predicted octanol–water partition coefficient (Wildman–Crippen LogP) is 4.11. The van der Waals surface area contributed by atoms with Gasteiger partial charge < -0.3 is 4.74 Å². The van der Waals surface area contributed by atoms with Crippen molar-refractivity contribution in [2.24, 2.45) is 0 Å². The Morgan fingerprint density at radius 2 is 1.70 bits per heavy atom. The smallest absolute Gasteiger partial charge is 0.351 e. The van der Waals surface area contributed by atoms with E-state index in [0.29, 0.717) is 18.5 Å². The van der Waals surface area contributed by atoms with Crippen molar-refractivity contribution in [1.82, 2.24) is 9.55 Å². The molecule has 0 atom stereocenters. The number of hydrogen-bond acceptors (Lipinski definition) is 3. The van der Waals surface area contributed by atoms with Crippen molar-refractivity contribution in [3.8, 4) is 5.88 Å². The molecule has 1 heterocycles. The van der Waals surface area contributed by atoms with E-state index >= 15 is 0 Å². The van der Waals surface area contributed by atoms with E-state index in [4.69, 9.17) is 4.74 Å². The Hall–Kier alpha value is -2.10. The van der Waals surface area contributed by atoms with E-state index in [1.807, 2.05) is 42.6 Å². The molecule has 0 bridgehead atoms. The van der Waals surface area contributed by atoms with E-state index in [-0.39, 0.29) is 5.69 Å². The van der Waals surface area contributed by atoms with Crippen molar-refractivity contribution in [2.75, 3.05) is 0 Å². The maximum atomic E-state index is 12.3. The topological polar surface area (TPSA) is 44.1 Å². The van der Waals surface area contributed by atoms with Crippen LogP contribution in [-0.4, -0.2) is 9.55 Å².